The third-order valence-electron chi connectivity index (χ3n) is 12.8. The van der Waals surface area contributed by atoms with Crippen molar-refractivity contribution in [2.24, 2.45) is 44.8 Å². The molecule has 0 heterocycles. The van der Waals surface area contributed by atoms with E-state index in [0.29, 0.717) is 23.2 Å². The number of hydrogen-bond acceptors (Lipinski definition) is 3. The van der Waals surface area contributed by atoms with E-state index >= 15 is 0 Å². The molecule has 192 valence electrons. The smallest absolute Gasteiger partial charge is 0.302 e. The zero-order valence-corrected chi connectivity index (χ0v) is 23.2. The topological polar surface area (TPSA) is 46.5 Å². The first-order valence-corrected chi connectivity index (χ1v) is 14.2. The molecule has 4 fully saturated rings. The Hall–Kier alpha value is -0.830. The molecule has 0 bridgehead atoms. The molecule has 5 aliphatic rings. The summed E-state index contributed by atoms with van der Waals surface area (Å²) in [5.74, 6) is 1.41. The fourth-order valence-electron chi connectivity index (χ4n) is 10.6. The molecule has 0 radical (unpaired) electrons. The standard InChI is InChI=1S/C31H50O3/c1-20(32)34-25-12-13-28(6)23(27(25,4)5)11-14-30(8)24(28)10-9-21-22-19-26(2,3)15-17-31(22,33)18-16-29(21,30)7/h9,22-25,33H,10-19H2,1-8H3/t22-,23-,24+,25-,28-,29+,30+,31-/m0/s1. The van der Waals surface area contributed by atoms with Gasteiger partial charge in [-0.15, -0.1) is 0 Å². The van der Waals surface area contributed by atoms with Crippen LogP contribution in [0.3, 0.4) is 0 Å². The molecular formula is C31H50O3. The van der Waals surface area contributed by atoms with Gasteiger partial charge in [0.25, 0.3) is 0 Å². The Bertz CT molecular complexity index is 900. The van der Waals surface area contributed by atoms with Crippen LogP contribution in [0.15, 0.2) is 11.6 Å². The maximum absolute atomic E-state index is 11.9. The summed E-state index contributed by atoms with van der Waals surface area (Å²) in [7, 11) is 0. The molecule has 5 aliphatic carbocycles. The van der Waals surface area contributed by atoms with E-state index in [1.54, 1.807) is 12.5 Å². The van der Waals surface area contributed by atoms with Crippen LogP contribution in [0.4, 0.5) is 0 Å². The van der Waals surface area contributed by atoms with Crippen molar-refractivity contribution >= 4 is 5.97 Å². The highest BCUT2D eigenvalue weighted by molar-refractivity contribution is 5.66. The fraction of sp³-hybridized carbons (Fsp3) is 0.903. The Balaban J connectivity index is 1.53. The van der Waals surface area contributed by atoms with Crippen molar-refractivity contribution in [3.05, 3.63) is 11.6 Å². The van der Waals surface area contributed by atoms with Gasteiger partial charge in [0.1, 0.15) is 6.10 Å². The number of carbonyl (C=O) groups is 1. The summed E-state index contributed by atoms with van der Waals surface area (Å²) < 4.78 is 5.88. The second kappa shape index (κ2) is 7.36. The van der Waals surface area contributed by atoms with Gasteiger partial charge in [0, 0.05) is 18.3 Å². The van der Waals surface area contributed by atoms with Gasteiger partial charge in [-0.25, -0.2) is 0 Å². The van der Waals surface area contributed by atoms with Crippen molar-refractivity contribution in [2.45, 2.75) is 131 Å². The summed E-state index contributed by atoms with van der Waals surface area (Å²) in [5, 5.41) is 11.8. The van der Waals surface area contributed by atoms with Gasteiger partial charge in [-0.05, 0) is 97.7 Å². The minimum absolute atomic E-state index is 0.00507. The highest BCUT2D eigenvalue weighted by Crippen LogP contribution is 2.74. The number of allylic oxidation sites excluding steroid dienone is 1. The van der Waals surface area contributed by atoms with Gasteiger partial charge < -0.3 is 9.84 Å². The molecule has 8 atom stereocenters. The number of hydrogen-bond donors (Lipinski definition) is 1. The zero-order valence-electron chi connectivity index (χ0n) is 23.2. The normalized spacial score (nSPS) is 51.1. The molecule has 0 spiro atoms. The number of carbonyl (C=O) groups excluding carboxylic acids is 1. The Morgan fingerprint density at radius 2 is 1.59 bits per heavy atom. The van der Waals surface area contributed by atoms with Gasteiger partial charge in [-0.2, -0.15) is 0 Å². The van der Waals surface area contributed by atoms with Crippen molar-refractivity contribution in [1.29, 1.82) is 0 Å². The molecule has 34 heavy (non-hydrogen) atoms. The quantitative estimate of drug-likeness (QED) is 0.319. The van der Waals surface area contributed by atoms with Crippen LogP contribution in [0.5, 0.6) is 0 Å². The van der Waals surface area contributed by atoms with E-state index in [1.807, 2.05) is 0 Å². The van der Waals surface area contributed by atoms with Crippen LogP contribution in [0.2, 0.25) is 0 Å². The third-order valence-corrected chi connectivity index (χ3v) is 12.8. The van der Waals surface area contributed by atoms with Crippen LogP contribution in [-0.2, 0) is 9.53 Å². The number of aliphatic hydroxyl groups is 1. The second-order valence-electron chi connectivity index (χ2n) is 15.3. The van der Waals surface area contributed by atoms with Crippen LogP contribution in [-0.4, -0.2) is 22.8 Å². The Labute approximate surface area is 208 Å². The number of rotatable bonds is 1. The lowest BCUT2D eigenvalue weighted by Gasteiger charge is -2.71. The zero-order chi connectivity index (χ0) is 24.9. The molecule has 3 nitrogen and oxygen atoms in total. The van der Waals surface area contributed by atoms with Gasteiger partial charge in [0.05, 0.1) is 5.60 Å². The predicted octanol–water partition coefficient (Wildman–Crippen LogP) is 7.46. The molecule has 1 N–H and O–H groups in total. The number of esters is 1. The molecule has 0 aliphatic heterocycles. The summed E-state index contributed by atoms with van der Waals surface area (Å²) in [6.45, 7) is 18.9. The van der Waals surface area contributed by atoms with Gasteiger partial charge >= 0.3 is 5.97 Å². The van der Waals surface area contributed by atoms with Crippen molar-refractivity contribution < 1.29 is 14.6 Å². The maximum Gasteiger partial charge on any atom is 0.302 e. The van der Waals surface area contributed by atoms with Gasteiger partial charge in [0.15, 0.2) is 0 Å². The fourth-order valence-corrected chi connectivity index (χ4v) is 10.6. The Morgan fingerprint density at radius 1 is 0.912 bits per heavy atom. The van der Waals surface area contributed by atoms with Crippen molar-refractivity contribution in [3.63, 3.8) is 0 Å². The van der Waals surface area contributed by atoms with Gasteiger partial charge in [-0.3, -0.25) is 4.79 Å². The average Bonchev–Trinajstić information content (AvgIpc) is 2.72. The molecule has 3 heteroatoms. The SMILES string of the molecule is CC(=O)O[C@H]1CC[C@]2(C)[C@H]3CC=C4[C@@H]5CC(C)(C)CC[C@]5(O)CC[C@@]4(C)[C@]3(C)CC[C@H]2C1(C)C. The molecule has 0 aromatic carbocycles. The lowest BCUT2D eigenvalue weighted by atomic mass is 9.34. The second-order valence-corrected chi connectivity index (χ2v) is 15.3. The molecule has 5 rings (SSSR count). The lowest BCUT2D eigenvalue weighted by molar-refractivity contribution is -0.215. The van der Waals surface area contributed by atoms with Gasteiger partial charge in [0.2, 0.25) is 0 Å². The monoisotopic (exact) mass is 470 g/mol. The van der Waals surface area contributed by atoms with E-state index in [4.69, 9.17) is 4.74 Å². The number of fused-ring (bicyclic) bond motifs is 7. The third kappa shape index (κ3) is 3.20. The number of ether oxygens (including phenoxy) is 1. The van der Waals surface area contributed by atoms with Crippen molar-refractivity contribution in [3.8, 4) is 0 Å². The van der Waals surface area contributed by atoms with Crippen LogP contribution in [0.25, 0.3) is 0 Å². The molecular weight excluding hydrogens is 420 g/mol. The molecule has 4 saturated carbocycles. The predicted molar refractivity (Wildman–Crippen MR) is 137 cm³/mol. The summed E-state index contributed by atoms with van der Waals surface area (Å²) in [6, 6.07) is 0. The van der Waals surface area contributed by atoms with E-state index in [1.165, 1.54) is 12.8 Å². The first-order valence-electron chi connectivity index (χ1n) is 14.2. The molecule has 0 saturated heterocycles. The van der Waals surface area contributed by atoms with Crippen molar-refractivity contribution in [2.75, 3.05) is 0 Å². The van der Waals surface area contributed by atoms with E-state index in [0.717, 1.165) is 51.4 Å². The largest absolute Gasteiger partial charge is 0.462 e. The van der Waals surface area contributed by atoms with Crippen LogP contribution in [0.1, 0.15) is 120 Å². The molecule has 0 amide bonds. The Kier molecular flexibility index (Phi) is 5.38. The summed E-state index contributed by atoms with van der Waals surface area (Å²) >= 11 is 0. The molecule has 0 aromatic heterocycles. The van der Waals surface area contributed by atoms with Crippen molar-refractivity contribution in [1.82, 2.24) is 0 Å². The minimum Gasteiger partial charge on any atom is -0.462 e. The Morgan fingerprint density at radius 3 is 2.26 bits per heavy atom. The first-order chi connectivity index (χ1) is 15.6. The van der Waals surface area contributed by atoms with E-state index < -0.39 is 5.60 Å². The molecule has 0 aromatic rings. The first kappa shape index (κ1) is 24.8. The van der Waals surface area contributed by atoms with Crippen LogP contribution in [0, 0.1) is 44.8 Å². The van der Waals surface area contributed by atoms with E-state index in [2.05, 4.69) is 54.5 Å². The van der Waals surface area contributed by atoms with E-state index in [9.17, 15) is 9.90 Å². The minimum atomic E-state index is -0.491. The van der Waals surface area contributed by atoms with E-state index in [-0.39, 0.29) is 33.7 Å². The summed E-state index contributed by atoms with van der Waals surface area (Å²) in [4.78, 5) is 11.9. The van der Waals surface area contributed by atoms with Crippen LogP contribution >= 0.6 is 0 Å². The summed E-state index contributed by atoms with van der Waals surface area (Å²) in [6.07, 6.45) is 13.7. The van der Waals surface area contributed by atoms with Gasteiger partial charge in [-0.1, -0.05) is 60.1 Å². The summed E-state index contributed by atoms with van der Waals surface area (Å²) in [5.41, 5.74) is 2.14. The molecule has 0 unspecified atom stereocenters. The van der Waals surface area contributed by atoms with Crippen LogP contribution < -0.4 is 0 Å². The highest BCUT2D eigenvalue weighted by atomic mass is 16.5. The maximum atomic E-state index is 11.9. The average molecular weight is 471 g/mol. The highest BCUT2D eigenvalue weighted by Gasteiger charge is 2.68. The lowest BCUT2D eigenvalue weighted by Crippen LogP contribution is -2.65.